The van der Waals surface area contributed by atoms with E-state index in [0.717, 1.165) is 0 Å². The quantitative estimate of drug-likeness (QED) is 0.564. The molecule has 0 aromatic heterocycles. The molecule has 88 valence electrons. The molecular formula is C15H8ClFO. The number of benzene rings is 2. The number of halogens is 2. The fraction of sp³-hybridized carbons (Fsp3) is 0. The fourth-order valence-electron chi connectivity index (χ4n) is 1.47. The number of hydrogen-bond donors (Lipinski definition) is 0. The van der Waals surface area contributed by atoms with Crippen molar-refractivity contribution in [3.8, 4) is 11.8 Å². The molecule has 0 aliphatic carbocycles. The van der Waals surface area contributed by atoms with E-state index in [1.807, 2.05) is 0 Å². The summed E-state index contributed by atoms with van der Waals surface area (Å²) in [4.78, 5) is 11.2. The highest BCUT2D eigenvalue weighted by atomic mass is 35.5. The Morgan fingerprint density at radius 3 is 2.56 bits per heavy atom. The van der Waals surface area contributed by atoms with E-state index in [4.69, 9.17) is 11.6 Å². The maximum atomic E-state index is 13.0. The maximum absolute atomic E-state index is 13.0. The highest BCUT2D eigenvalue weighted by Gasteiger charge is 2.05. The third-order valence-corrected chi connectivity index (χ3v) is 2.51. The van der Waals surface area contributed by atoms with Crippen LogP contribution in [0.2, 0.25) is 0 Å². The Morgan fingerprint density at radius 1 is 1.06 bits per heavy atom. The second-order valence-electron chi connectivity index (χ2n) is 3.58. The highest BCUT2D eigenvalue weighted by molar-refractivity contribution is 6.68. The zero-order valence-corrected chi connectivity index (χ0v) is 10.0. The van der Waals surface area contributed by atoms with Crippen LogP contribution in [0.15, 0.2) is 48.5 Å². The molecule has 0 aliphatic heterocycles. The Morgan fingerprint density at radius 2 is 1.83 bits per heavy atom. The topological polar surface area (TPSA) is 17.1 Å². The second-order valence-corrected chi connectivity index (χ2v) is 3.92. The number of rotatable bonds is 1. The van der Waals surface area contributed by atoms with Crippen LogP contribution in [-0.4, -0.2) is 5.24 Å². The van der Waals surface area contributed by atoms with Crippen molar-refractivity contribution in [2.75, 3.05) is 0 Å². The second kappa shape index (κ2) is 5.48. The average molecular weight is 259 g/mol. The molecule has 2 aromatic carbocycles. The molecular weight excluding hydrogens is 251 g/mol. The van der Waals surface area contributed by atoms with Gasteiger partial charge in [0.15, 0.2) is 0 Å². The summed E-state index contributed by atoms with van der Waals surface area (Å²) in [6, 6.07) is 12.7. The Hall–Kier alpha value is -2.11. The van der Waals surface area contributed by atoms with Gasteiger partial charge in [-0.15, -0.1) is 0 Å². The molecule has 0 radical (unpaired) electrons. The van der Waals surface area contributed by atoms with E-state index in [1.54, 1.807) is 36.4 Å². The van der Waals surface area contributed by atoms with Crippen LogP contribution < -0.4 is 0 Å². The smallest absolute Gasteiger partial charge is 0.253 e. The lowest BCUT2D eigenvalue weighted by molar-refractivity contribution is 0.108. The minimum atomic E-state index is -0.556. The number of hydrogen-bond acceptors (Lipinski definition) is 1. The van der Waals surface area contributed by atoms with Crippen molar-refractivity contribution in [1.29, 1.82) is 0 Å². The van der Waals surface area contributed by atoms with Gasteiger partial charge in [-0.05, 0) is 41.9 Å². The summed E-state index contributed by atoms with van der Waals surface area (Å²) in [7, 11) is 0. The molecule has 0 bridgehead atoms. The van der Waals surface area contributed by atoms with Gasteiger partial charge in [-0.1, -0.05) is 30.0 Å². The molecule has 0 saturated carbocycles. The van der Waals surface area contributed by atoms with Crippen molar-refractivity contribution in [3.63, 3.8) is 0 Å². The Labute approximate surface area is 109 Å². The first kappa shape index (κ1) is 12.3. The minimum absolute atomic E-state index is 0.344. The van der Waals surface area contributed by atoms with Crippen molar-refractivity contribution in [2.45, 2.75) is 0 Å². The fourth-order valence-corrected chi connectivity index (χ4v) is 1.63. The van der Waals surface area contributed by atoms with Gasteiger partial charge in [0.25, 0.3) is 5.24 Å². The molecule has 0 saturated heterocycles. The Balaban J connectivity index is 2.39. The Kier molecular flexibility index (Phi) is 3.76. The van der Waals surface area contributed by atoms with Crippen LogP contribution >= 0.6 is 11.6 Å². The predicted octanol–water partition coefficient (Wildman–Crippen LogP) is 3.60. The molecule has 0 spiro atoms. The molecule has 0 aliphatic rings. The summed E-state index contributed by atoms with van der Waals surface area (Å²) in [5.41, 5.74) is 1.43. The molecule has 0 heterocycles. The number of carbonyl (C=O) groups is 1. The SMILES string of the molecule is O=C(Cl)c1ccccc1C#Cc1cccc(F)c1. The first-order valence-corrected chi connectivity index (χ1v) is 5.61. The van der Waals surface area contributed by atoms with E-state index in [2.05, 4.69) is 11.8 Å². The molecule has 0 atom stereocenters. The zero-order chi connectivity index (χ0) is 13.0. The van der Waals surface area contributed by atoms with Gasteiger partial charge in [-0.25, -0.2) is 4.39 Å². The third-order valence-electron chi connectivity index (χ3n) is 2.30. The van der Waals surface area contributed by atoms with Crippen LogP contribution in [0.25, 0.3) is 0 Å². The molecule has 18 heavy (non-hydrogen) atoms. The van der Waals surface area contributed by atoms with Crippen molar-refractivity contribution < 1.29 is 9.18 Å². The maximum Gasteiger partial charge on any atom is 0.253 e. The number of carbonyl (C=O) groups excluding carboxylic acids is 1. The van der Waals surface area contributed by atoms with Gasteiger partial charge in [0.05, 0.1) is 0 Å². The van der Waals surface area contributed by atoms with Crippen molar-refractivity contribution >= 4 is 16.8 Å². The molecule has 3 heteroatoms. The van der Waals surface area contributed by atoms with E-state index in [0.29, 0.717) is 16.7 Å². The minimum Gasteiger partial charge on any atom is -0.276 e. The van der Waals surface area contributed by atoms with E-state index in [-0.39, 0.29) is 5.82 Å². The van der Waals surface area contributed by atoms with Crippen LogP contribution in [0.4, 0.5) is 4.39 Å². The van der Waals surface area contributed by atoms with Crippen LogP contribution in [0, 0.1) is 17.7 Å². The van der Waals surface area contributed by atoms with E-state index in [9.17, 15) is 9.18 Å². The Bertz CT molecular complexity index is 653. The lowest BCUT2D eigenvalue weighted by Crippen LogP contribution is -1.93. The van der Waals surface area contributed by atoms with Crippen LogP contribution in [0.5, 0.6) is 0 Å². The van der Waals surface area contributed by atoms with E-state index < -0.39 is 5.24 Å². The summed E-state index contributed by atoms with van der Waals surface area (Å²) in [6.07, 6.45) is 0. The van der Waals surface area contributed by atoms with Gasteiger partial charge in [0.2, 0.25) is 0 Å². The molecule has 0 N–H and O–H groups in total. The van der Waals surface area contributed by atoms with Gasteiger partial charge in [-0.3, -0.25) is 4.79 Å². The third kappa shape index (κ3) is 2.97. The van der Waals surface area contributed by atoms with Crippen molar-refractivity contribution in [2.24, 2.45) is 0 Å². The van der Waals surface area contributed by atoms with Gasteiger partial charge in [-0.2, -0.15) is 0 Å². The molecule has 1 nitrogen and oxygen atoms in total. The molecule has 0 unspecified atom stereocenters. The van der Waals surface area contributed by atoms with Gasteiger partial charge in [0, 0.05) is 16.7 Å². The highest BCUT2D eigenvalue weighted by Crippen LogP contribution is 2.10. The first-order valence-electron chi connectivity index (χ1n) is 5.23. The average Bonchev–Trinajstić information content (AvgIpc) is 2.37. The summed E-state index contributed by atoms with van der Waals surface area (Å²) in [5.74, 6) is 5.27. The first-order chi connectivity index (χ1) is 8.66. The van der Waals surface area contributed by atoms with Crippen molar-refractivity contribution in [1.82, 2.24) is 0 Å². The van der Waals surface area contributed by atoms with Crippen LogP contribution in [0.1, 0.15) is 21.5 Å². The van der Waals surface area contributed by atoms with E-state index >= 15 is 0 Å². The van der Waals surface area contributed by atoms with Crippen molar-refractivity contribution in [3.05, 3.63) is 71.0 Å². The lowest BCUT2D eigenvalue weighted by atomic mass is 10.1. The summed E-state index contributed by atoms with van der Waals surface area (Å²) < 4.78 is 13.0. The molecule has 0 amide bonds. The summed E-state index contributed by atoms with van der Waals surface area (Å²) >= 11 is 5.45. The summed E-state index contributed by atoms with van der Waals surface area (Å²) in [6.45, 7) is 0. The standard InChI is InChI=1S/C15H8ClFO/c16-15(18)14-7-2-1-5-12(14)9-8-11-4-3-6-13(17)10-11/h1-7,10H. The lowest BCUT2D eigenvalue weighted by Gasteiger charge is -1.97. The van der Waals surface area contributed by atoms with Gasteiger partial charge in [0.1, 0.15) is 5.82 Å². The zero-order valence-electron chi connectivity index (χ0n) is 9.28. The van der Waals surface area contributed by atoms with Gasteiger partial charge >= 0.3 is 0 Å². The molecule has 2 rings (SSSR count). The predicted molar refractivity (Wildman–Crippen MR) is 69.0 cm³/mol. The largest absolute Gasteiger partial charge is 0.276 e. The van der Waals surface area contributed by atoms with Crippen LogP contribution in [0.3, 0.4) is 0 Å². The van der Waals surface area contributed by atoms with Crippen LogP contribution in [-0.2, 0) is 0 Å². The van der Waals surface area contributed by atoms with E-state index in [1.165, 1.54) is 12.1 Å². The normalized spacial score (nSPS) is 9.44. The van der Waals surface area contributed by atoms with Gasteiger partial charge < -0.3 is 0 Å². The summed E-state index contributed by atoms with van der Waals surface area (Å²) in [5, 5.41) is -0.556. The molecule has 0 fully saturated rings. The monoisotopic (exact) mass is 258 g/mol. The molecule has 2 aromatic rings.